The van der Waals surface area contributed by atoms with E-state index in [0.717, 1.165) is 37.9 Å². The Morgan fingerprint density at radius 2 is 1.96 bits per heavy atom. The van der Waals surface area contributed by atoms with E-state index in [4.69, 9.17) is 4.74 Å². The van der Waals surface area contributed by atoms with Gasteiger partial charge in [-0.15, -0.1) is 0 Å². The Morgan fingerprint density at radius 3 is 2.58 bits per heavy atom. The fourth-order valence-electron chi connectivity index (χ4n) is 3.58. The van der Waals surface area contributed by atoms with Gasteiger partial charge in [0.2, 0.25) is 0 Å². The van der Waals surface area contributed by atoms with Crippen LogP contribution in [0.4, 0.5) is 8.78 Å². The number of carbonyl (C=O) groups excluding carboxylic acids is 1. The van der Waals surface area contributed by atoms with Crippen LogP contribution in [-0.2, 0) is 0 Å². The summed E-state index contributed by atoms with van der Waals surface area (Å²) < 4.78 is 34.1. The van der Waals surface area contributed by atoms with Gasteiger partial charge in [-0.1, -0.05) is 13.8 Å². The lowest BCUT2D eigenvalue weighted by molar-refractivity contribution is -0.0512. The molecule has 0 aromatic heterocycles. The lowest BCUT2D eigenvalue weighted by Crippen LogP contribution is -2.40. The van der Waals surface area contributed by atoms with Crippen LogP contribution in [0.5, 0.6) is 11.5 Å². The lowest BCUT2D eigenvalue weighted by Gasteiger charge is -2.34. The Bertz CT molecular complexity index is 588. The number of piperidine rings is 1. The van der Waals surface area contributed by atoms with Crippen molar-refractivity contribution in [1.29, 1.82) is 0 Å². The highest BCUT2D eigenvalue weighted by Gasteiger charge is 2.21. The second-order valence-corrected chi connectivity index (χ2v) is 7.06. The zero-order chi connectivity index (χ0) is 19.1. The Morgan fingerprint density at radius 1 is 1.27 bits per heavy atom. The average molecular weight is 370 g/mol. The van der Waals surface area contributed by atoms with Crippen molar-refractivity contribution in [2.24, 2.45) is 11.8 Å². The van der Waals surface area contributed by atoms with Crippen molar-refractivity contribution in [3.05, 3.63) is 23.8 Å². The van der Waals surface area contributed by atoms with Crippen LogP contribution in [0, 0.1) is 11.8 Å². The average Bonchev–Trinajstić information content (AvgIpc) is 2.57. The highest BCUT2D eigenvalue weighted by molar-refractivity contribution is 5.94. The molecule has 2 atom stereocenters. The standard InChI is InChI=1S/C19H28F2N2O3/c1-13-9-14(2)12-23(11-13)8-4-7-22-18(24)15-5-6-16(26-19(20)21)17(10-15)25-3/h5-6,10,13-14,19H,4,7-9,11-12H2,1-3H3,(H,22,24)/t13-,14-/m1/s1. The van der Waals surface area contributed by atoms with Gasteiger partial charge in [-0.2, -0.15) is 8.78 Å². The van der Waals surface area contributed by atoms with Gasteiger partial charge in [0.15, 0.2) is 11.5 Å². The van der Waals surface area contributed by atoms with E-state index in [1.807, 2.05) is 0 Å². The number of methoxy groups -OCH3 is 1. The molecule has 1 aliphatic heterocycles. The van der Waals surface area contributed by atoms with Gasteiger partial charge >= 0.3 is 6.61 Å². The Labute approximate surface area is 153 Å². The number of benzene rings is 1. The third-order valence-corrected chi connectivity index (χ3v) is 4.52. The highest BCUT2D eigenvalue weighted by Crippen LogP contribution is 2.29. The number of rotatable bonds is 8. The molecule has 1 aliphatic rings. The highest BCUT2D eigenvalue weighted by atomic mass is 19.3. The minimum absolute atomic E-state index is 0.0904. The monoisotopic (exact) mass is 370 g/mol. The Balaban J connectivity index is 1.80. The molecule has 5 nitrogen and oxygen atoms in total. The van der Waals surface area contributed by atoms with Crippen molar-refractivity contribution in [2.75, 3.05) is 33.3 Å². The maximum Gasteiger partial charge on any atom is 0.387 e. The number of alkyl halides is 2. The fourth-order valence-corrected chi connectivity index (χ4v) is 3.58. The molecule has 1 saturated heterocycles. The summed E-state index contributed by atoms with van der Waals surface area (Å²) >= 11 is 0. The molecule has 1 amide bonds. The quantitative estimate of drug-likeness (QED) is 0.713. The molecule has 1 aromatic rings. The zero-order valence-electron chi connectivity index (χ0n) is 15.6. The van der Waals surface area contributed by atoms with Crippen LogP contribution in [-0.4, -0.2) is 50.7 Å². The molecule has 0 spiro atoms. The van der Waals surface area contributed by atoms with Crippen LogP contribution >= 0.6 is 0 Å². The first-order chi connectivity index (χ1) is 12.4. The molecule has 1 heterocycles. The third kappa shape index (κ3) is 6.12. The van der Waals surface area contributed by atoms with Gasteiger partial charge in [-0.05, 0) is 49.4 Å². The first kappa shape index (κ1) is 20.4. The molecule has 26 heavy (non-hydrogen) atoms. The molecule has 0 saturated carbocycles. The first-order valence-electron chi connectivity index (χ1n) is 9.02. The van der Waals surface area contributed by atoms with Gasteiger partial charge in [-0.25, -0.2) is 0 Å². The summed E-state index contributed by atoms with van der Waals surface area (Å²) in [6, 6.07) is 4.17. The molecule has 1 N–H and O–H groups in total. The van der Waals surface area contributed by atoms with Gasteiger partial charge in [0, 0.05) is 25.2 Å². The molecule has 2 rings (SSSR count). The van der Waals surface area contributed by atoms with Crippen molar-refractivity contribution in [2.45, 2.75) is 33.3 Å². The van der Waals surface area contributed by atoms with Crippen LogP contribution in [0.15, 0.2) is 18.2 Å². The van der Waals surface area contributed by atoms with E-state index in [0.29, 0.717) is 12.1 Å². The van der Waals surface area contributed by atoms with E-state index in [1.165, 1.54) is 31.7 Å². The molecule has 0 unspecified atom stereocenters. The number of carbonyl (C=O) groups is 1. The van der Waals surface area contributed by atoms with Crippen molar-refractivity contribution in [3.8, 4) is 11.5 Å². The molecule has 0 bridgehead atoms. The molecule has 0 radical (unpaired) electrons. The molecule has 146 valence electrons. The number of likely N-dealkylation sites (tertiary alicyclic amines) is 1. The topological polar surface area (TPSA) is 50.8 Å². The summed E-state index contributed by atoms with van der Waals surface area (Å²) in [5, 5.41) is 2.86. The van der Waals surface area contributed by atoms with Crippen LogP contribution in [0.1, 0.15) is 37.0 Å². The normalized spacial score (nSPS) is 20.8. The minimum Gasteiger partial charge on any atom is -0.493 e. The number of nitrogens with one attached hydrogen (secondary N) is 1. The number of ether oxygens (including phenoxy) is 2. The summed E-state index contributed by atoms with van der Waals surface area (Å²) in [5.41, 5.74) is 0.351. The number of hydrogen-bond acceptors (Lipinski definition) is 4. The van der Waals surface area contributed by atoms with E-state index >= 15 is 0 Å². The van der Waals surface area contributed by atoms with Crippen LogP contribution in [0.3, 0.4) is 0 Å². The van der Waals surface area contributed by atoms with Gasteiger partial charge in [0.25, 0.3) is 5.91 Å². The molecular weight excluding hydrogens is 342 g/mol. The van der Waals surface area contributed by atoms with Gasteiger partial charge in [0.05, 0.1) is 7.11 Å². The summed E-state index contributed by atoms with van der Waals surface area (Å²) in [4.78, 5) is 14.7. The van der Waals surface area contributed by atoms with E-state index in [9.17, 15) is 13.6 Å². The van der Waals surface area contributed by atoms with E-state index in [1.54, 1.807) is 0 Å². The van der Waals surface area contributed by atoms with Crippen molar-refractivity contribution < 1.29 is 23.0 Å². The minimum atomic E-state index is -2.94. The molecule has 7 heteroatoms. The van der Waals surface area contributed by atoms with Crippen molar-refractivity contribution in [3.63, 3.8) is 0 Å². The lowest BCUT2D eigenvalue weighted by atomic mass is 9.92. The molecule has 1 aromatic carbocycles. The maximum absolute atomic E-state index is 12.3. The second-order valence-electron chi connectivity index (χ2n) is 7.06. The van der Waals surface area contributed by atoms with Gasteiger partial charge in [0.1, 0.15) is 0 Å². The summed E-state index contributed by atoms with van der Waals surface area (Å²) in [5.74, 6) is 1.19. The predicted octanol–water partition coefficient (Wildman–Crippen LogP) is 3.39. The SMILES string of the molecule is COc1cc(C(=O)NCCCN2C[C@H](C)C[C@@H](C)C2)ccc1OC(F)F. The maximum atomic E-state index is 12.3. The Kier molecular flexibility index (Phi) is 7.63. The zero-order valence-corrected chi connectivity index (χ0v) is 15.6. The first-order valence-corrected chi connectivity index (χ1v) is 9.02. The fraction of sp³-hybridized carbons (Fsp3) is 0.632. The summed E-state index contributed by atoms with van der Waals surface area (Å²) in [6.45, 7) is 5.36. The molecule has 0 aliphatic carbocycles. The largest absolute Gasteiger partial charge is 0.493 e. The smallest absolute Gasteiger partial charge is 0.387 e. The van der Waals surface area contributed by atoms with Crippen LogP contribution < -0.4 is 14.8 Å². The number of nitrogens with zero attached hydrogens (tertiary/aromatic N) is 1. The van der Waals surface area contributed by atoms with Crippen LogP contribution in [0.25, 0.3) is 0 Å². The molecular formula is C19H28F2N2O3. The van der Waals surface area contributed by atoms with Gasteiger partial charge < -0.3 is 19.7 Å². The Hall–Kier alpha value is -1.89. The van der Waals surface area contributed by atoms with E-state index in [-0.39, 0.29) is 17.4 Å². The predicted molar refractivity (Wildman–Crippen MR) is 96.0 cm³/mol. The summed E-state index contributed by atoms with van der Waals surface area (Å²) in [7, 11) is 1.34. The number of halogens is 2. The van der Waals surface area contributed by atoms with Crippen LogP contribution in [0.2, 0.25) is 0 Å². The van der Waals surface area contributed by atoms with E-state index in [2.05, 4.69) is 28.8 Å². The number of hydrogen-bond donors (Lipinski definition) is 1. The van der Waals surface area contributed by atoms with Crippen molar-refractivity contribution in [1.82, 2.24) is 10.2 Å². The third-order valence-electron chi connectivity index (χ3n) is 4.52. The van der Waals surface area contributed by atoms with E-state index < -0.39 is 6.61 Å². The van der Waals surface area contributed by atoms with Gasteiger partial charge in [-0.3, -0.25) is 4.79 Å². The molecule has 1 fully saturated rings. The van der Waals surface area contributed by atoms with Crippen molar-refractivity contribution >= 4 is 5.91 Å². The second kappa shape index (κ2) is 9.71. The number of amides is 1. The summed E-state index contributed by atoms with van der Waals surface area (Å²) in [6.07, 6.45) is 2.15.